The summed E-state index contributed by atoms with van der Waals surface area (Å²) in [5, 5.41) is 7.52. The highest BCUT2D eigenvalue weighted by Gasteiger charge is 2.16. The number of nitrogens with two attached hydrogens (primary N) is 1. The van der Waals surface area contributed by atoms with E-state index in [2.05, 4.69) is 10.4 Å². The molecule has 2 amide bonds. The quantitative estimate of drug-likeness (QED) is 0.594. The van der Waals surface area contributed by atoms with Crippen molar-refractivity contribution >= 4 is 11.8 Å². The summed E-state index contributed by atoms with van der Waals surface area (Å²) in [6.07, 6.45) is 0. The molecule has 30 heavy (non-hydrogen) atoms. The Morgan fingerprint density at radius 3 is 2.50 bits per heavy atom. The fourth-order valence-corrected chi connectivity index (χ4v) is 3.10. The van der Waals surface area contributed by atoms with Gasteiger partial charge in [-0.25, -0.2) is 4.68 Å². The van der Waals surface area contributed by atoms with Gasteiger partial charge in [0.25, 0.3) is 11.8 Å². The molecule has 3 rings (SSSR count). The Morgan fingerprint density at radius 2 is 1.83 bits per heavy atom. The first kappa shape index (κ1) is 20.9. The molecule has 8 heteroatoms. The van der Waals surface area contributed by atoms with Crippen LogP contribution >= 0.6 is 0 Å². The maximum Gasteiger partial charge on any atom is 0.255 e. The number of para-hydroxylation sites is 1. The minimum Gasteiger partial charge on any atom is -0.493 e. The number of primary amides is 1. The first-order valence-corrected chi connectivity index (χ1v) is 9.38. The molecule has 0 fully saturated rings. The molecule has 0 bridgehead atoms. The third-order valence-corrected chi connectivity index (χ3v) is 4.66. The summed E-state index contributed by atoms with van der Waals surface area (Å²) in [4.78, 5) is 23.6. The van der Waals surface area contributed by atoms with Crippen molar-refractivity contribution in [2.45, 2.75) is 20.4 Å². The van der Waals surface area contributed by atoms with Crippen LogP contribution in [0.25, 0.3) is 5.69 Å². The van der Waals surface area contributed by atoms with E-state index in [1.807, 2.05) is 48.9 Å². The monoisotopic (exact) mass is 408 g/mol. The number of amides is 2. The summed E-state index contributed by atoms with van der Waals surface area (Å²) in [6, 6.07) is 14.6. The Labute approximate surface area is 174 Å². The molecule has 0 saturated heterocycles. The smallest absolute Gasteiger partial charge is 0.255 e. The summed E-state index contributed by atoms with van der Waals surface area (Å²) < 4.78 is 12.4. The molecule has 1 aromatic heterocycles. The SMILES string of the molecule is COc1cc(C(=O)NCc2c(C)nn(-c3ccccc3)c2C)ccc1OCC(N)=O. The maximum absolute atomic E-state index is 12.7. The molecular formula is C22H24N4O4. The number of aryl methyl sites for hydroxylation is 1. The lowest BCUT2D eigenvalue weighted by Crippen LogP contribution is -2.23. The molecule has 0 aliphatic carbocycles. The standard InChI is InChI=1S/C22H24N4O4/c1-14-18(15(2)26(25-14)17-7-5-4-6-8-17)12-24-22(28)16-9-10-19(20(11-16)29-3)30-13-21(23)27/h4-11H,12-13H2,1-3H3,(H2,23,27)(H,24,28). The Morgan fingerprint density at radius 1 is 1.10 bits per heavy atom. The number of nitrogens with one attached hydrogen (secondary N) is 1. The van der Waals surface area contributed by atoms with E-state index in [-0.39, 0.29) is 12.5 Å². The fourth-order valence-electron chi connectivity index (χ4n) is 3.10. The van der Waals surface area contributed by atoms with Crippen LogP contribution in [-0.2, 0) is 11.3 Å². The van der Waals surface area contributed by atoms with Gasteiger partial charge in [-0.15, -0.1) is 0 Å². The Hall–Kier alpha value is -3.81. The Bertz CT molecular complexity index is 1060. The number of methoxy groups -OCH3 is 1. The topological polar surface area (TPSA) is 108 Å². The molecule has 0 radical (unpaired) electrons. The maximum atomic E-state index is 12.7. The number of benzene rings is 2. The van der Waals surface area contributed by atoms with Crippen LogP contribution in [0.2, 0.25) is 0 Å². The van der Waals surface area contributed by atoms with Crippen LogP contribution < -0.4 is 20.5 Å². The predicted octanol–water partition coefficient (Wildman–Crippen LogP) is 2.29. The summed E-state index contributed by atoms with van der Waals surface area (Å²) >= 11 is 0. The summed E-state index contributed by atoms with van der Waals surface area (Å²) in [5.74, 6) is -0.182. The van der Waals surface area contributed by atoms with Crippen molar-refractivity contribution in [2.24, 2.45) is 5.73 Å². The van der Waals surface area contributed by atoms with Crippen molar-refractivity contribution < 1.29 is 19.1 Å². The molecule has 8 nitrogen and oxygen atoms in total. The van der Waals surface area contributed by atoms with Crippen LogP contribution in [0.5, 0.6) is 11.5 Å². The largest absolute Gasteiger partial charge is 0.493 e. The molecule has 0 unspecified atom stereocenters. The molecule has 3 aromatic rings. The second-order valence-electron chi connectivity index (χ2n) is 6.70. The van der Waals surface area contributed by atoms with Crippen molar-refractivity contribution in [3.05, 3.63) is 71.0 Å². The average Bonchev–Trinajstić information content (AvgIpc) is 3.04. The van der Waals surface area contributed by atoms with Crippen LogP contribution in [0, 0.1) is 13.8 Å². The predicted molar refractivity (Wildman–Crippen MR) is 112 cm³/mol. The molecule has 0 aliphatic rings. The van der Waals surface area contributed by atoms with Crippen LogP contribution in [0.3, 0.4) is 0 Å². The van der Waals surface area contributed by atoms with E-state index < -0.39 is 5.91 Å². The van der Waals surface area contributed by atoms with E-state index in [1.165, 1.54) is 7.11 Å². The lowest BCUT2D eigenvalue weighted by atomic mass is 10.1. The van der Waals surface area contributed by atoms with Gasteiger partial charge < -0.3 is 20.5 Å². The molecular weight excluding hydrogens is 384 g/mol. The van der Waals surface area contributed by atoms with Gasteiger partial charge in [-0.1, -0.05) is 18.2 Å². The summed E-state index contributed by atoms with van der Waals surface area (Å²) in [7, 11) is 1.46. The van der Waals surface area contributed by atoms with E-state index in [0.29, 0.717) is 23.6 Å². The van der Waals surface area contributed by atoms with Crippen LogP contribution in [0.1, 0.15) is 27.3 Å². The lowest BCUT2D eigenvalue weighted by Gasteiger charge is -2.12. The van der Waals surface area contributed by atoms with E-state index in [4.69, 9.17) is 15.2 Å². The second kappa shape index (κ2) is 9.13. The lowest BCUT2D eigenvalue weighted by molar-refractivity contribution is -0.119. The van der Waals surface area contributed by atoms with Gasteiger partial charge >= 0.3 is 0 Å². The number of rotatable bonds is 8. The summed E-state index contributed by atoms with van der Waals surface area (Å²) in [5.41, 5.74) is 9.24. The molecule has 0 atom stereocenters. The van der Waals surface area contributed by atoms with Crippen molar-refractivity contribution in [1.29, 1.82) is 0 Å². The van der Waals surface area contributed by atoms with Gasteiger partial charge in [0, 0.05) is 23.4 Å². The molecule has 3 N–H and O–H groups in total. The highest BCUT2D eigenvalue weighted by atomic mass is 16.5. The van der Waals surface area contributed by atoms with Crippen LogP contribution in [0.4, 0.5) is 0 Å². The number of carbonyl (C=O) groups excluding carboxylic acids is 2. The Kier molecular flexibility index (Phi) is 6.36. The number of ether oxygens (including phenoxy) is 2. The van der Waals surface area contributed by atoms with Gasteiger partial charge in [-0.05, 0) is 44.2 Å². The van der Waals surface area contributed by atoms with E-state index in [9.17, 15) is 9.59 Å². The van der Waals surface area contributed by atoms with E-state index >= 15 is 0 Å². The first-order chi connectivity index (χ1) is 14.4. The zero-order chi connectivity index (χ0) is 21.7. The molecule has 156 valence electrons. The second-order valence-corrected chi connectivity index (χ2v) is 6.70. The number of carbonyl (C=O) groups is 2. The summed E-state index contributed by atoms with van der Waals surface area (Å²) in [6.45, 7) is 3.96. The number of hydrogen-bond acceptors (Lipinski definition) is 5. The third-order valence-electron chi connectivity index (χ3n) is 4.66. The van der Waals surface area contributed by atoms with Crippen molar-refractivity contribution in [1.82, 2.24) is 15.1 Å². The third kappa shape index (κ3) is 4.60. The molecule has 1 heterocycles. The highest BCUT2D eigenvalue weighted by molar-refractivity contribution is 5.94. The fraction of sp³-hybridized carbons (Fsp3) is 0.227. The minimum atomic E-state index is -0.597. The van der Waals surface area contributed by atoms with Crippen LogP contribution in [0.15, 0.2) is 48.5 Å². The minimum absolute atomic E-state index is 0.263. The van der Waals surface area contributed by atoms with Crippen molar-refractivity contribution in [3.8, 4) is 17.2 Å². The zero-order valence-electron chi connectivity index (χ0n) is 17.1. The average molecular weight is 408 g/mol. The molecule has 0 saturated carbocycles. The first-order valence-electron chi connectivity index (χ1n) is 9.38. The number of hydrogen-bond donors (Lipinski definition) is 2. The van der Waals surface area contributed by atoms with Gasteiger partial charge in [-0.3, -0.25) is 9.59 Å². The van der Waals surface area contributed by atoms with Gasteiger partial charge in [0.1, 0.15) is 0 Å². The Balaban J connectivity index is 1.73. The van der Waals surface area contributed by atoms with Crippen LogP contribution in [-0.4, -0.2) is 35.3 Å². The van der Waals surface area contributed by atoms with E-state index in [1.54, 1.807) is 18.2 Å². The van der Waals surface area contributed by atoms with Gasteiger partial charge in [0.15, 0.2) is 18.1 Å². The van der Waals surface area contributed by atoms with E-state index in [0.717, 1.165) is 22.6 Å². The zero-order valence-corrected chi connectivity index (χ0v) is 17.1. The highest BCUT2D eigenvalue weighted by Crippen LogP contribution is 2.28. The normalized spacial score (nSPS) is 10.5. The van der Waals surface area contributed by atoms with Gasteiger partial charge in [-0.2, -0.15) is 5.10 Å². The number of nitrogens with zero attached hydrogens (tertiary/aromatic N) is 2. The number of aromatic nitrogens is 2. The van der Waals surface area contributed by atoms with Crippen molar-refractivity contribution in [3.63, 3.8) is 0 Å². The van der Waals surface area contributed by atoms with Gasteiger partial charge in [0.05, 0.1) is 18.5 Å². The molecule has 0 spiro atoms. The molecule has 0 aliphatic heterocycles. The van der Waals surface area contributed by atoms with Crippen molar-refractivity contribution in [2.75, 3.05) is 13.7 Å². The molecule has 2 aromatic carbocycles. The van der Waals surface area contributed by atoms with Gasteiger partial charge in [0.2, 0.25) is 0 Å².